The molecular weight excluding hydrogens is 253 g/mol. The van der Waals surface area contributed by atoms with Crippen molar-refractivity contribution in [3.05, 3.63) is 18.0 Å². The molecule has 0 aliphatic carbocycles. The zero-order chi connectivity index (χ0) is 14.4. The van der Waals surface area contributed by atoms with Crippen LogP contribution in [0.2, 0.25) is 0 Å². The van der Waals surface area contributed by atoms with Crippen molar-refractivity contribution in [2.45, 2.75) is 45.3 Å². The first-order valence-corrected chi connectivity index (χ1v) is 6.04. The number of nitrogens with zero attached hydrogens (tertiary/aromatic N) is 1. The highest BCUT2D eigenvalue weighted by molar-refractivity contribution is 6.64. The average molecular weight is 270 g/mol. The molecular formula is C12H17BF2N2O2. The van der Waals surface area contributed by atoms with Crippen molar-refractivity contribution in [1.82, 2.24) is 4.98 Å². The predicted molar refractivity (Wildman–Crippen MR) is 69.3 cm³/mol. The maximum atomic E-state index is 13.0. The lowest BCUT2D eigenvalue weighted by molar-refractivity contribution is 0.00578. The monoisotopic (exact) mass is 270 g/mol. The molecule has 1 fully saturated rings. The Kier molecular flexibility index (Phi) is 3.30. The SMILES string of the molecule is CC1(C)OB(c2c(N)ccnc2C(F)F)OC1(C)C. The Balaban J connectivity index is 2.45. The first-order chi connectivity index (χ1) is 8.66. The molecule has 104 valence electrons. The van der Waals surface area contributed by atoms with E-state index in [9.17, 15) is 8.78 Å². The summed E-state index contributed by atoms with van der Waals surface area (Å²) in [7, 11) is -0.928. The number of hydrogen-bond donors (Lipinski definition) is 1. The third-order valence-corrected chi connectivity index (χ3v) is 3.75. The molecule has 0 atom stereocenters. The molecule has 0 unspecified atom stereocenters. The number of alkyl halides is 2. The highest BCUT2D eigenvalue weighted by Gasteiger charge is 2.53. The molecule has 1 aliphatic heterocycles. The minimum atomic E-state index is -2.72. The molecule has 0 aromatic carbocycles. The average Bonchev–Trinajstić information content (AvgIpc) is 2.47. The lowest BCUT2D eigenvalue weighted by Gasteiger charge is -2.32. The van der Waals surface area contributed by atoms with Crippen molar-refractivity contribution >= 4 is 18.3 Å². The van der Waals surface area contributed by atoms with Gasteiger partial charge >= 0.3 is 7.12 Å². The van der Waals surface area contributed by atoms with Gasteiger partial charge in [0.05, 0.1) is 11.2 Å². The molecule has 0 radical (unpaired) electrons. The summed E-state index contributed by atoms with van der Waals surface area (Å²) in [4.78, 5) is 3.69. The summed E-state index contributed by atoms with van der Waals surface area (Å²) in [6.45, 7) is 7.40. The van der Waals surface area contributed by atoms with Crippen LogP contribution in [0, 0.1) is 0 Å². The zero-order valence-electron chi connectivity index (χ0n) is 11.4. The fraction of sp³-hybridized carbons (Fsp3) is 0.583. The largest absolute Gasteiger partial charge is 0.499 e. The van der Waals surface area contributed by atoms with E-state index in [1.165, 1.54) is 12.3 Å². The molecule has 19 heavy (non-hydrogen) atoms. The topological polar surface area (TPSA) is 57.4 Å². The van der Waals surface area contributed by atoms with Crippen LogP contribution in [0.3, 0.4) is 0 Å². The van der Waals surface area contributed by atoms with Crippen molar-refractivity contribution in [3.8, 4) is 0 Å². The van der Waals surface area contributed by atoms with Crippen molar-refractivity contribution in [1.29, 1.82) is 0 Å². The van der Waals surface area contributed by atoms with Crippen molar-refractivity contribution in [2.24, 2.45) is 0 Å². The van der Waals surface area contributed by atoms with Gasteiger partial charge in [-0.15, -0.1) is 0 Å². The molecule has 1 saturated heterocycles. The predicted octanol–water partition coefficient (Wildman–Crippen LogP) is 1.90. The van der Waals surface area contributed by atoms with Crippen LogP contribution >= 0.6 is 0 Å². The minimum absolute atomic E-state index is 0.121. The third-order valence-electron chi connectivity index (χ3n) is 3.75. The van der Waals surface area contributed by atoms with Gasteiger partial charge in [0, 0.05) is 17.3 Å². The van der Waals surface area contributed by atoms with Gasteiger partial charge in [0.15, 0.2) is 0 Å². The maximum Gasteiger partial charge on any atom is 0.499 e. The summed E-state index contributed by atoms with van der Waals surface area (Å²) in [5, 5.41) is 0. The summed E-state index contributed by atoms with van der Waals surface area (Å²) >= 11 is 0. The van der Waals surface area contributed by atoms with Crippen LogP contribution in [-0.4, -0.2) is 23.3 Å². The number of halogens is 2. The molecule has 4 nitrogen and oxygen atoms in total. The van der Waals surface area contributed by atoms with Crippen LogP contribution in [0.15, 0.2) is 12.3 Å². The van der Waals surface area contributed by atoms with E-state index in [2.05, 4.69) is 4.98 Å². The lowest BCUT2D eigenvalue weighted by atomic mass is 9.76. The van der Waals surface area contributed by atoms with Crippen molar-refractivity contribution in [2.75, 3.05) is 5.73 Å². The van der Waals surface area contributed by atoms with Crippen LogP contribution in [0.1, 0.15) is 39.8 Å². The number of anilines is 1. The molecule has 2 heterocycles. The summed E-state index contributed by atoms with van der Waals surface area (Å²) in [5.41, 5.74) is 4.49. The standard InChI is InChI=1S/C12H17BF2N2O2/c1-11(2)12(3,4)19-13(18-11)8-7(16)5-6-17-9(8)10(14)15/h5-6,10H,1-4H3,(H2,16,17). The van der Waals surface area contributed by atoms with Gasteiger partial charge in [-0.2, -0.15) is 0 Å². The molecule has 7 heteroatoms. The fourth-order valence-electron chi connectivity index (χ4n) is 1.90. The molecule has 1 aromatic heterocycles. The fourth-order valence-corrected chi connectivity index (χ4v) is 1.90. The van der Waals surface area contributed by atoms with Crippen LogP contribution < -0.4 is 11.2 Å². The Morgan fingerprint density at radius 3 is 2.21 bits per heavy atom. The van der Waals surface area contributed by atoms with E-state index in [4.69, 9.17) is 15.0 Å². The van der Waals surface area contributed by atoms with Crippen LogP contribution in [-0.2, 0) is 9.31 Å². The Bertz CT molecular complexity index is 479. The van der Waals surface area contributed by atoms with Gasteiger partial charge in [-0.3, -0.25) is 4.98 Å². The van der Waals surface area contributed by atoms with E-state index in [-0.39, 0.29) is 11.2 Å². The van der Waals surface area contributed by atoms with E-state index in [0.29, 0.717) is 0 Å². The van der Waals surface area contributed by atoms with Crippen LogP contribution in [0.25, 0.3) is 0 Å². The van der Waals surface area contributed by atoms with Crippen molar-refractivity contribution < 1.29 is 18.1 Å². The molecule has 0 bridgehead atoms. The highest BCUT2D eigenvalue weighted by Crippen LogP contribution is 2.37. The normalized spacial score (nSPS) is 21.1. The second kappa shape index (κ2) is 4.42. The molecule has 2 N–H and O–H groups in total. The van der Waals surface area contributed by atoms with Gasteiger partial charge in [0.1, 0.15) is 5.69 Å². The molecule has 1 aliphatic rings. The van der Waals surface area contributed by atoms with Gasteiger partial charge in [-0.25, -0.2) is 8.78 Å². The van der Waals surface area contributed by atoms with E-state index < -0.39 is 30.4 Å². The molecule has 0 amide bonds. The number of pyridine rings is 1. The number of aromatic nitrogens is 1. The second-order valence-corrected chi connectivity index (χ2v) is 5.59. The van der Waals surface area contributed by atoms with Crippen LogP contribution in [0.5, 0.6) is 0 Å². The maximum absolute atomic E-state index is 13.0. The molecule has 0 saturated carbocycles. The first-order valence-electron chi connectivity index (χ1n) is 6.04. The van der Waals surface area contributed by atoms with Crippen molar-refractivity contribution in [3.63, 3.8) is 0 Å². The van der Waals surface area contributed by atoms with E-state index in [1.807, 2.05) is 27.7 Å². The second-order valence-electron chi connectivity index (χ2n) is 5.59. The van der Waals surface area contributed by atoms with Crippen LogP contribution in [0.4, 0.5) is 14.5 Å². The minimum Gasteiger partial charge on any atom is -0.399 e. The number of hydrogen-bond acceptors (Lipinski definition) is 4. The Hall–Kier alpha value is -1.21. The third kappa shape index (κ3) is 2.32. The lowest BCUT2D eigenvalue weighted by Crippen LogP contribution is -2.41. The first kappa shape index (κ1) is 14.2. The number of nitrogens with two attached hydrogens (primary N) is 1. The van der Waals surface area contributed by atoms with Gasteiger partial charge < -0.3 is 15.0 Å². The van der Waals surface area contributed by atoms with Gasteiger partial charge in [-0.1, -0.05) is 0 Å². The molecule has 2 rings (SSSR count). The van der Waals surface area contributed by atoms with Gasteiger partial charge in [-0.05, 0) is 33.8 Å². The molecule has 0 spiro atoms. The summed E-state index contributed by atoms with van der Waals surface area (Å²) in [6, 6.07) is 1.46. The Morgan fingerprint density at radius 1 is 1.21 bits per heavy atom. The number of nitrogen functional groups attached to an aromatic ring is 1. The Morgan fingerprint density at radius 2 is 1.74 bits per heavy atom. The smallest absolute Gasteiger partial charge is 0.399 e. The molecule has 1 aromatic rings. The van der Waals surface area contributed by atoms with Gasteiger partial charge in [0.2, 0.25) is 0 Å². The highest BCUT2D eigenvalue weighted by atomic mass is 19.3. The quantitative estimate of drug-likeness (QED) is 0.834. The van der Waals surface area contributed by atoms with E-state index in [1.54, 1.807) is 0 Å². The number of rotatable bonds is 2. The van der Waals surface area contributed by atoms with Gasteiger partial charge in [0.25, 0.3) is 6.43 Å². The Labute approximate surface area is 111 Å². The van der Waals surface area contributed by atoms with E-state index >= 15 is 0 Å². The summed E-state index contributed by atoms with van der Waals surface area (Å²) in [5.74, 6) is 0. The summed E-state index contributed by atoms with van der Waals surface area (Å²) in [6.07, 6.45) is -1.47. The summed E-state index contributed by atoms with van der Waals surface area (Å²) < 4.78 is 37.5. The van der Waals surface area contributed by atoms with E-state index in [0.717, 1.165) is 0 Å². The zero-order valence-corrected chi connectivity index (χ0v) is 11.4.